The molecule has 0 saturated heterocycles. The van der Waals surface area contributed by atoms with Gasteiger partial charge in [0.25, 0.3) is 5.69 Å². The van der Waals surface area contributed by atoms with Crippen molar-refractivity contribution in [1.29, 1.82) is 0 Å². The molecule has 6 heteroatoms. The molecule has 23 heavy (non-hydrogen) atoms. The molecule has 0 unspecified atom stereocenters. The number of methoxy groups -OCH3 is 1. The molecule has 2 aromatic rings. The van der Waals surface area contributed by atoms with Gasteiger partial charge in [-0.1, -0.05) is 30.3 Å². The summed E-state index contributed by atoms with van der Waals surface area (Å²) in [7, 11) is 1.42. The van der Waals surface area contributed by atoms with E-state index in [0.717, 1.165) is 5.56 Å². The number of hydrogen-bond donors (Lipinski definition) is 0. The molecule has 0 aromatic heterocycles. The summed E-state index contributed by atoms with van der Waals surface area (Å²) in [5.74, 6) is -0.0655. The second kappa shape index (κ2) is 5.72. The maximum atomic E-state index is 12.6. The third-order valence-electron chi connectivity index (χ3n) is 4.03. The van der Waals surface area contributed by atoms with Crippen LogP contribution in [0, 0.1) is 10.1 Å². The Morgan fingerprint density at radius 3 is 2.39 bits per heavy atom. The van der Waals surface area contributed by atoms with Gasteiger partial charge in [-0.15, -0.1) is 0 Å². The van der Waals surface area contributed by atoms with Gasteiger partial charge in [-0.25, -0.2) is 0 Å². The van der Waals surface area contributed by atoms with Gasteiger partial charge < -0.3 is 9.47 Å². The Balaban J connectivity index is 1.89. The third kappa shape index (κ3) is 2.75. The number of nitrogens with zero attached hydrogens (tertiary/aromatic N) is 1. The van der Waals surface area contributed by atoms with E-state index in [4.69, 9.17) is 9.47 Å². The van der Waals surface area contributed by atoms with Gasteiger partial charge in [-0.2, -0.15) is 0 Å². The van der Waals surface area contributed by atoms with E-state index in [1.165, 1.54) is 25.3 Å². The summed E-state index contributed by atoms with van der Waals surface area (Å²) in [6.07, 6.45) is 1.40. The highest BCUT2D eigenvalue weighted by Gasteiger charge is 2.53. The van der Waals surface area contributed by atoms with Crippen molar-refractivity contribution in [2.75, 3.05) is 7.11 Å². The Labute approximate surface area is 132 Å². The topological polar surface area (TPSA) is 78.7 Å². The second-order valence-electron chi connectivity index (χ2n) is 5.43. The summed E-state index contributed by atoms with van der Waals surface area (Å²) < 4.78 is 10.6. The molecule has 0 N–H and O–H groups in total. The minimum Gasteiger partial charge on any atom is -0.493 e. The molecule has 2 aromatic carbocycles. The smallest absolute Gasteiger partial charge is 0.322 e. The summed E-state index contributed by atoms with van der Waals surface area (Å²) in [5, 5.41) is 10.9. The van der Waals surface area contributed by atoms with Crippen LogP contribution in [0.5, 0.6) is 11.5 Å². The number of benzene rings is 2. The number of non-ortho nitro benzene ring substituents is 1. The first-order chi connectivity index (χ1) is 11.1. The molecule has 3 rings (SSSR count). The number of nitro benzene ring substituents is 1. The minimum absolute atomic E-state index is 0.0638. The summed E-state index contributed by atoms with van der Waals surface area (Å²) >= 11 is 0. The van der Waals surface area contributed by atoms with Crippen LogP contribution in [0.4, 0.5) is 5.69 Å². The van der Waals surface area contributed by atoms with Crippen LogP contribution < -0.4 is 9.47 Å². The van der Waals surface area contributed by atoms with Crippen molar-refractivity contribution >= 4 is 11.7 Å². The first kappa shape index (κ1) is 15.0. The molecule has 1 aliphatic rings. The molecule has 0 atom stereocenters. The molecule has 0 radical (unpaired) electrons. The Bertz CT molecular complexity index is 753. The van der Waals surface area contributed by atoms with Crippen LogP contribution in [0.2, 0.25) is 0 Å². The van der Waals surface area contributed by atoms with Crippen molar-refractivity contribution in [3.05, 3.63) is 64.2 Å². The Hall–Kier alpha value is -2.89. The van der Waals surface area contributed by atoms with Crippen molar-refractivity contribution in [2.45, 2.75) is 18.3 Å². The standard InChI is InChI=1S/C17H15NO5/c1-22-14-8-7-13(18(20)21)11-15(14)23-16(19)17(9-10-17)12-5-3-2-4-6-12/h2-8,11H,9-10H2,1H3. The lowest BCUT2D eigenvalue weighted by molar-refractivity contribution is -0.384. The molecular weight excluding hydrogens is 298 g/mol. The maximum absolute atomic E-state index is 12.6. The first-order valence-electron chi connectivity index (χ1n) is 7.17. The predicted octanol–water partition coefficient (Wildman–Crippen LogP) is 3.24. The SMILES string of the molecule is COc1ccc([N+](=O)[O-])cc1OC(=O)C1(c2ccccc2)CC1. The fourth-order valence-electron chi connectivity index (χ4n) is 2.55. The quantitative estimate of drug-likeness (QED) is 0.366. The number of carbonyl (C=O) groups is 1. The van der Waals surface area contributed by atoms with E-state index in [1.54, 1.807) is 0 Å². The van der Waals surface area contributed by atoms with Crippen LogP contribution in [-0.2, 0) is 10.2 Å². The number of rotatable bonds is 5. The lowest BCUT2D eigenvalue weighted by Gasteiger charge is -2.16. The zero-order chi connectivity index (χ0) is 16.4. The van der Waals surface area contributed by atoms with Crippen molar-refractivity contribution in [3.8, 4) is 11.5 Å². The monoisotopic (exact) mass is 313 g/mol. The van der Waals surface area contributed by atoms with Gasteiger partial charge in [0.2, 0.25) is 0 Å². The first-order valence-corrected chi connectivity index (χ1v) is 7.17. The Kier molecular flexibility index (Phi) is 3.73. The van der Waals surface area contributed by atoms with Crippen LogP contribution in [-0.4, -0.2) is 18.0 Å². The summed E-state index contributed by atoms with van der Waals surface area (Å²) in [4.78, 5) is 23.0. The van der Waals surface area contributed by atoms with Crippen LogP contribution >= 0.6 is 0 Å². The van der Waals surface area contributed by atoms with Crippen LogP contribution in [0.15, 0.2) is 48.5 Å². The molecule has 0 amide bonds. The fraction of sp³-hybridized carbons (Fsp3) is 0.235. The van der Waals surface area contributed by atoms with Crippen molar-refractivity contribution in [3.63, 3.8) is 0 Å². The highest BCUT2D eigenvalue weighted by Crippen LogP contribution is 2.49. The van der Waals surface area contributed by atoms with Gasteiger partial charge in [-0.05, 0) is 24.5 Å². The summed E-state index contributed by atoms with van der Waals surface area (Å²) in [5.41, 5.74) is 0.0872. The van der Waals surface area contributed by atoms with E-state index in [0.29, 0.717) is 12.8 Å². The Morgan fingerprint density at radius 2 is 1.83 bits per heavy atom. The van der Waals surface area contributed by atoms with Gasteiger partial charge in [0, 0.05) is 6.07 Å². The van der Waals surface area contributed by atoms with E-state index in [-0.39, 0.29) is 17.2 Å². The van der Waals surface area contributed by atoms with Gasteiger partial charge >= 0.3 is 5.97 Å². The van der Waals surface area contributed by atoms with Crippen molar-refractivity contribution < 1.29 is 19.2 Å². The molecule has 1 saturated carbocycles. The zero-order valence-electron chi connectivity index (χ0n) is 12.5. The highest BCUT2D eigenvalue weighted by molar-refractivity contribution is 5.88. The second-order valence-corrected chi connectivity index (χ2v) is 5.43. The predicted molar refractivity (Wildman–Crippen MR) is 82.6 cm³/mol. The molecule has 0 spiro atoms. The Morgan fingerprint density at radius 1 is 1.13 bits per heavy atom. The number of esters is 1. The molecule has 6 nitrogen and oxygen atoms in total. The van der Waals surface area contributed by atoms with E-state index in [2.05, 4.69) is 0 Å². The molecule has 1 fully saturated rings. The van der Waals surface area contributed by atoms with Gasteiger partial charge in [-0.3, -0.25) is 14.9 Å². The number of hydrogen-bond acceptors (Lipinski definition) is 5. The summed E-state index contributed by atoms with van der Waals surface area (Å²) in [6.45, 7) is 0. The van der Waals surface area contributed by atoms with Crippen LogP contribution in [0.3, 0.4) is 0 Å². The van der Waals surface area contributed by atoms with Gasteiger partial charge in [0.15, 0.2) is 11.5 Å². The number of ether oxygens (including phenoxy) is 2. The largest absolute Gasteiger partial charge is 0.493 e. The lowest BCUT2D eigenvalue weighted by Crippen LogP contribution is -2.26. The minimum atomic E-state index is -0.656. The van der Waals surface area contributed by atoms with Crippen LogP contribution in [0.25, 0.3) is 0 Å². The zero-order valence-corrected chi connectivity index (χ0v) is 12.5. The maximum Gasteiger partial charge on any atom is 0.322 e. The number of carbonyl (C=O) groups excluding carboxylic acids is 1. The molecule has 0 heterocycles. The molecule has 0 bridgehead atoms. The van der Waals surface area contributed by atoms with E-state index >= 15 is 0 Å². The van der Waals surface area contributed by atoms with Gasteiger partial charge in [0.1, 0.15) is 0 Å². The molecule has 1 aliphatic carbocycles. The van der Waals surface area contributed by atoms with Crippen LogP contribution in [0.1, 0.15) is 18.4 Å². The number of nitro groups is 1. The molecule has 0 aliphatic heterocycles. The van der Waals surface area contributed by atoms with E-state index in [1.807, 2.05) is 30.3 Å². The molecular formula is C17H15NO5. The third-order valence-corrected chi connectivity index (χ3v) is 4.03. The van der Waals surface area contributed by atoms with Crippen molar-refractivity contribution in [1.82, 2.24) is 0 Å². The van der Waals surface area contributed by atoms with Crippen molar-refractivity contribution in [2.24, 2.45) is 0 Å². The van der Waals surface area contributed by atoms with Gasteiger partial charge in [0.05, 0.1) is 23.5 Å². The van der Waals surface area contributed by atoms with E-state index < -0.39 is 16.3 Å². The normalized spacial score (nSPS) is 14.8. The lowest BCUT2D eigenvalue weighted by atomic mass is 9.96. The van der Waals surface area contributed by atoms with E-state index in [9.17, 15) is 14.9 Å². The average molecular weight is 313 g/mol. The fourth-order valence-corrected chi connectivity index (χ4v) is 2.55. The summed E-state index contributed by atoms with van der Waals surface area (Å²) in [6, 6.07) is 13.3. The average Bonchev–Trinajstić information content (AvgIpc) is 3.37. The molecule has 118 valence electrons. The highest BCUT2D eigenvalue weighted by atomic mass is 16.6.